The lowest BCUT2D eigenvalue weighted by Gasteiger charge is -2.43. The van der Waals surface area contributed by atoms with Crippen LogP contribution in [-0.2, 0) is 47.6 Å². The third kappa shape index (κ3) is 7.24. The number of terminal acetylenes is 1. The van der Waals surface area contributed by atoms with Crippen LogP contribution in [0.1, 0.15) is 27.7 Å². The fourth-order valence-corrected chi connectivity index (χ4v) is 2.45. The van der Waals surface area contributed by atoms with Crippen LogP contribution in [0, 0.1) is 12.3 Å². The SMILES string of the molecule is C#CCO[C@@H]1O[C@H](COC(C)=O)[C@@H](OC(C)=O)C(OC(C)=O)C1OC(C)=O. The molecule has 150 valence electrons. The van der Waals surface area contributed by atoms with E-state index < -0.39 is 54.6 Å². The molecular weight excluding hydrogens is 364 g/mol. The largest absolute Gasteiger partial charge is 0.463 e. The summed E-state index contributed by atoms with van der Waals surface area (Å²) in [5.41, 5.74) is 0. The van der Waals surface area contributed by atoms with Gasteiger partial charge < -0.3 is 28.4 Å². The van der Waals surface area contributed by atoms with Crippen molar-refractivity contribution in [3.05, 3.63) is 0 Å². The van der Waals surface area contributed by atoms with Crippen molar-refractivity contribution in [2.45, 2.75) is 58.4 Å². The number of ether oxygens (including phenoxy) is 6. The van der Waals surface area contributed by atoms with E-state index in [0.717, 1.165) is 20.8 Å². The number of rotatable bonds is 7. The Morgan fingerprint density at radius 3 is 1.85 bits per heavy atom. The Morgan fingerprint density at radius 2 is 1.37 bits per heavy atom. The van der Waals surface area contributed by atoms with Gasteiger partial charge in [0.15, 0.2) is 24.6 Å². The maximum absolute atomic E-state index is 11.6. The van der Waals surface area contributed by atoms with E-state index in [1.54, 1.807) is 0 Å². The number of hydrogen-bond donors (Lipinski definition) is 0. The van der Waals surface area contributed by atoms with Crippen molar-refractivity contribution in [1.82, 2.24) is 0 Å². The molecule has 1 aliphatic rings. The fourth-order valence-electron chi connectivity index (χ4n) is 2.45. The summed E-state index contributed by atoms with van der Waals surface area (Å²) in [6.07, 6.45) is -0.894. The van der Waals surface area contributed by atoms with Crippen LogP contribution < -0.4 is 0 Å². The molecule has 0 aromatic rings. The van der Waals surface area contributed by atoms with Crippen LogP contribution in [0.15, 0.2) is 0 Å². The van der Waals surface area contributed by atoms with Gasteiger partial charge in [0.2, 0.25) is 0 Å². The molecule has 0 aromatic heterocycles. The van der Waals surface area contributed by atoms with Crippen LogP contribution >= 0.6 is 0 Å². The molecule has 0 bridgehead atoms. The van der Waals surface area contributed by atoms with Crippen molar-refractivity contribution in [2.24, 2.45) is 0 Å². The van der Waals surface area contributed by atoms with Gasteiger partial charge in [0.1, 0.15) is 19.3 Å². The van der Waals surface area contributed by atoms with E-state index in [2.05, 4.69) is 5.92 Å². The molecule has 0 amide bonds. The predicted octanol–water partition coefficient (Wildman–Crippen LogP) is -0.281. The first-order chi connectivity index (χ1) is 12.6. The molecule has 5 atom stereocenters. The Morgan fingerprint density at radius 1 is 0.852 bits per heavy atom. The summed E-state index contributed by atoms with van der Waals surface area (Å²) in [6.45, 7) is 4.05. The molecule has 0 aromatic carbocycles. The topological polar surface area (TPSA) is 124 Å². The highest BCUT2D eigenvalue weighted by Crippen LogP contribution is 2.29. The van der Waals surface area contributed by atoms with E-state index in [-0.39, 0.29) is 13.2 Å². The van der Waals surface area contributed by atoms with E-state index in [0.29, 0.717) is 0 Å². The normalized spacial score (nSPS) is 27.0. The van der Waals surface area contributed by atoms with E-state index in [9.17, 15) is 19.2 Å². The zero-order valence-corrected chi connectivity index (χ0v) is 15.5. The Balaban J connectivity index is 3.25. The molecule has 2 unspecified atom stereocenters. The molecule has 27 heavy (non-hydrogen) atoms. The molecule has 0 aliphatic carbocycles. The molecule has 1 aliphatic heterocycles. The maximum atomic E-state index is 11.6. The zero-order valence-electron chi connectivity index (χ0n) is 15.5. The lowest BCUT2D eigenvalue weighted by Crippen LogP contribution is -2.62. The molecule has 10 nitrogen and oxygen atoms in total. The smallest absolute Gasteiger partial charge is 0.303 e. The van der Waals surface area contributed by atoms with Gasteiger partial charge in [0.25, 0.3) is 0 Å². The van der Waals surface area contributed by atoms with Crippen molar-refractivity contribution >= 4 is 23.9 Å². The average molecular weight is 386 g/mol. The van der Waals surface area contributed by atoms with E-state index in [1.807, 2.05) is 0 Å². The highest BCUT2D eigenvalue weighted by Gasteiger charge is 2.52. The summed E-state index contributed by atoms with van der Waals surface area (Å²) < 4.78 is 31.5. The summed E-state index contributed by atoms with van der Waals surface area (Å²) in [5.74, 6) is -0.519. The summed E-state index contributed by atoms with van der Waals surface area (Å²) in [7, 11) is 0. The van der Waals surface area contributed by atoms with Gasteiger partial charge in [-0.05, 0) is 0 Å². The lowest BCUT2D eigenvalue weighted by atomic mass is 9.98. The number of carbonyl (C=O) groups excluding carboxylic acids is 4. The summed E-state index contributed by atoms with van der Waals surface area (Å²) in [5, 5.41) is 0. The van der Waals surface area contributed by atoms with Gasteiger partial charge in [-0.1, -0.05) is 5.92 Å². The highest BCUT2D eigenvalue weighted by atomic mass is 16.7. The van der Waals surface area contributed by atoms with Crippen molar-refractivity contribution in [3.8, 4) is 12.3 Å². The van der Waals surface area contributed by atoms with Crippen LogP contribution in [-0.4, -0.2) is 67.8 Å². The average Bonchev–Trinajstić information content (AvgIpc) is 2.54. The zero-order chi connectivity index (χ0) is 20.6. The van der Waals surface area contributed by atoms with Crippen LogP contribution in [0.4, 0.5) is 0 Å². The Bertz CT molecular complexity index is 607. The van der Waals surface area contributed by atoms with Gasteiger partial charge in [0, 0.05) is 27.7 Å². The van der Waals surface area contributed by atoms with E-state index >= 15 is 0 Å². The van der Waals surface area contributed by atoms with Gasteiger partial charge >= 0.3 is 23.9 Å². The number of hydrogen-bond acceptors (Lipinski definition) is 10. The van der Waals surface area contributed by atoms with E-state index in [1.165, 1.54) is 6.92 Å². The third-order valence-corrected chi connectivity index (χ3v) is 3.28. The Kier molecular flexibility index (Phi) is 8.71. The summed E-state index contributed by atoms with van der Waals surface area (Å²) in [6, 6.07) is 0. The lowest BCUT2D eigenvalue weighted by molar-refractivity contribution is -0.305. The molecule has 1 fully saturated rings. The van der Waals surface area contributed by atoms with Gasteiger partial charge in [-0.2, -0.15) is 0 Å². The fraction of sp³-hybridized carbons (Fsp3) is 0.647. The molecule has 10 heteroatoms. The molecule has 0 radical (unpaired) electrons. The molecule has 1 rings (SSSR count). The molecule has 0 spiro atoms. The first-order valence-electron chi connectivity index (χ1n) is 8.01. The maximum Gasteiger partial charge on any atom is 0.303 e. The van der Waals surface area contributed by atoms with Gasteiger partial charge in [-0.25, -0.2) is 0 Å². The first kappa shape index (κ1) is 22.4. The number of esters is 4. The minimum absolute atomic E-state index is 0.201. The molecule has 1 heterocycles. The molecule has 0 N–H and O–H groups in total. The van der Waals surface area contributed by atoms with Crippen molar-refractivity contribution in [1.29, 1.82) is 0 Å². The second kappa shape index (κ2) is 10.5. The van der Waals surface area contributed by atoms with Gasteiger partial charge in [0.05, 0.1) is 0 Å². The minimum Gasteiger partial charge on any atom is -0.463 e. The number of carbonyl (C=O) groups is 4. The van der Waals surface area contributed by atoms with Gasteiger partial charge in [-0.3, -0.25) is 19.2 Å². The second-order valence-corrected chi connectivity index (χ2v) is 5.58. The van der Waals surface area contributed by atoms with Crippen LogP contribution in [0.2, 0.25) is 0 Å². The van der Waals surface area contributed by atoms with Crippen LogP contribution in [0.3, 0.4) is 0 Å². The quantitative estimate of drug-likeness (QED) is 0.328. The van der Waals surface area contributed by atoms with Crippen molar-refractivity contribution in [2.75, 3.05) is 13.2 Å². The Labute approximate surface area is 156 Å². The van der Waals surface area contributed by atoms with Crippen LogP contribution in [0.25, 0.3) is 0 Å². The molecule has 1 saturated heterocycles. The third-order valence-electron chi connectivity index (χ3n) is 3.28. The van der Waals surface area contributed by atoms with E-state index in [4.69, 9.17) is 34.8 Å². The molecule has 0 saturated carbocycles. The standard InChI is InChI=1S/C17H22O10/c1-6-7-22-17-16(26-12(5)21)15(25-11(4)20)14(24-10(3)19)13(27-17)8-23-9(2)18/h1,13-17H,7-8H2,2-5H3/t13-,14-,15?,16?,17-/m1/s1. The predicted molar refractivity (Wildman–Crippen MR) is 86.7 cm³/mol. The first-order valence-corrected chi connectivity index (χ1v) is 8.01. The van der Waals surface area contributed by atoms with Crippen molar-refractivity contribution < 1.29 is 47.6 Å². The highest BCUT2D eigenvalue weighted by molar-refractivity contribution is 5.68. The minimum atomic E-state index is -1.27. The van der Waals surface area contributed by atoms with Crippen molar-refractivity contribution in [3.63, 3.8) is 0 Å². The monoisotopic (exact) mass is 386 g/mol. The summed E-state index contributed by atoms with van der Waals surface area (Å²) >= 11 is 0. The second-order valence-electron chi connectivity index (χ2n) is 5.58. The Hall–Kier alpha value is -2.64. The summed E-state index contributed by atoms with van der Waals surface area (Å²) in [4.78, 5) is 45.7. The molecular formula is C17H22O10. The van der Waals surface area contributed by atoms with Gasteiger partial charge in [-0.15, -0.1) is 6.42 Å². The van der Waals surface area contributed by atoms with Crippen LogP contribution in [0.5, 0.6) is 0 Å².